The normalized spacial score (nSPS) is 39.7. The van der Waals surface area contributed by atoms with E-state index in [-0.39, 0.29) is 21.5 Å². The van der Waals surface area contributed by atoms with Gasteiger partial charge in [0.2, 0.25) is 0 Å². The van der Waals surface area contributed by atoms with Crippen LogP contribution in [0.1, 0.15) is 6.42 Å². The zero-order valence-electron chi connectivity index (χ0n) is 8.39. The molecule has 6 heteroatoms. The van der Waals surface area contributed by atoms with Crippen molar-refractivity contribution in [3.63, 3.8) is 0 Å². The predicted molar refractivity (Wildman–Crippen MR) is 65.1 cm³/mol. The van der Waals surface area contributed by atoms with Gasteiger partial charge in [-0.2, -0.15) is 0 Å². The summed E-state index contributed by atoms with van der Waals surface area (Å²) in [6, 6.07) is 0. The van der Waals surface area contributed by atoms with Crippen molar-refractivity contribution in [1.82, 2.24) is 0 Å². The SMILES string of the molecule is O=S1(=O)CC(I)C(OCC2CCOC2)C1. The van der Waals surface area contributed by atoms with Crippen LogP contribution in [0.4, 0.5) is 0 Å². The monoisotopic (exact) mass is 346 g/mol. The van der Waals surface area contributed by atoms with E-state index in [1.165, 1.54) is 0 Å². The molecule has 88 valence electrons. The van der Waals surface area contributed by atoms with E-state index in [2.05, 4.69) is 22.6 Å². The molecule has 3 unspecified atom stereocenters. The van der Waals surface area contributed by atoms with E-state index in [4.69, 9.17) is 9.47 Å². The van der Waals surface area contributed by atoms with E-state index < -0.39 is 9.84 Å². The van der Waals surface area contributed by atoms with Crippen LogP contribution in [0.2, 0.25) is 0 Å². The Morgan fingerprint density at radius 2 is 2.20 bits per heavy atom. The Morgan fingerprint density at radius 3 is 2.73 bits per heavy atom. The fourth-order valence-corrected chi connectivity index (χ4v) is 6.02. The van der Waals surface area contributed by atoms with Gasteiger partial charge in [-0.05, 0) is 6.42 Å². The number of hydrogen-bond donors (Lipinski definition) is 0. The molecule has 0 amide bonds. The summed E-state index contributed by atoms with van der Waals surface area (Å²) in [5.41, 5.74) is 0. The Balaban J connectivity index is 1.79. The molecule has 3 atom stereocenters. The van der Waals surface area contributed by atoms with E-state index in [0.29, 0.717) is 12.5 Å². The van der Waals surface area contributed by atoms with Crippen molar-refractivity contribution in [2.75, 3.05) is 31.3 Å². The zero-order valence-corrected chi connectivity index (χ0v) is 11.4. The minimum atomic E-state index is -2.85. The van der Waals surface area contributed by atoms with E-state index in [1.807, 2.05) is 0 Å². The molecule has 2 aliphatic heterocycles. The summed E-state index contributed by atoms with van der Waals surface area (Å²) in [4.78, 5) is 0. The smallest absolute Gasteiger partial charge is 0.154 e. The third-order valence-electron chi connectivity index (χ3n) is 2.80. The van der Waals surface area contributed by atoms with Gasteiger partial charge in [-0.1, -0.05) is 22.6 Å². The standard InChI is InChI=1S/C9H15IO4S/c10-8-5-15(11,12)6-9(8)14-4-7-1-2-13-3-7/h7-9H,1-6H2. The minimum Gasteiger partial charge on any atom is -0.381 e. The lowest BCUT2D eigenvalue weighted by Gasteiger charge is -2.16. The average Bonchev–Trinajstić information content (AvgIpc) is 2.70. The number of alkyl halides is 1. The first-order valence-corrected chi connectivity index (χ1v) is 8.17. The van der Waals surface area contributed by atoms with Crippen LogP contribution in [0.5, 0.6) is 0 Å². The quantitative estimate of drug-likeness (QED) is 0.556. The summed E-state index contributed by atoms with van der Waals surface area (Å²) in [7, 11) is -2.85. The Hall–Kier alpha value is 0.600. The first-order chi connectivity index (χ1) is 7.07. The fraction of sp³-hybridized carbons (Fsp3) is 1.00. The number of hydrogen-bond acceptors (Lipinski definition) is 4. The molecule has 0 aromatic heterocycles. The van der Waals surface area contributed by atoms with Gasteiger partial charge in [0.15, 0.2) is 9.84 Å². The topological polar surface area (TPSA) is 52.6 Å². The van der Waals surface area contributed by atoms with Gasteiger partial charge in [0.05, 0.1) is 34.7 Å². The van der Waals surface area contributed by atoms with Gasteiger partial charge in [0.25, 0.3) is 0 Å². The van der Waals surface area contributed by atoms with Gasteiger partial charge in [-0.15, -0.1) is 0 Å². The number of rotatable bonds is 3. The van der Waals surface area contributed by atoms with E-state index >= 15 is 0 Å². The van der Waals surface area contributed by atoms with Crippen molar-refractivity contribution in [2.45, 2.75) is 16.4 Å². The van der Waals surface area contributed by atoms with Gasteiger partial charge in [0, 0.05) is 12.5 Å². The highest BCUT2D eigenvalue weighted by Crippen LogP contribution is 2.24. The summed E-state index contributed by atoms with van der Waals surface area (Å²) in [5, 5.41) is 0. The third-order valence-corrected chi connectivity index (χ3v) is 6.35. The fourth-order valence-electron chi connectivity index (χ4n) is 1.90. The number of ether oxygens (including phenoxy) is 2. The second kappa shape index (κ2) is 4.85. The molecule has 2 fully saturated rings. The van der Waals surface area contributed by atoms with Gasteiger partial charge in [0.1, 0.15) is 0 Å². The molecular formula is C9H15IO4S. The molecule has 0 N–H and O–H groups in total. The van der Waals surface area contributed by atoms with Crippen LogP contribution in [0.3, 0.4) is 0 Å². The van der Waals surface area contributed by atoms with E-state index in [9.17, 15) is 8.42 Å². The largest absolute Gasteiger partial charge is 0.381 e. The van der Waals surface area contributed by atoms with E-state index in [0.717, 1.165) is 19.6 Å². The minimum absolute atomic E-state index is 0.106. The lowest BCUT2D eigenvalue weighted by molar-refractivity contribution is 0.0457. The van der Waals surface area contributed by atoms with Gasteiger partial charge >= 0.3 is 0 Å². The second-order valence-corrected chi connectivity index (χ2v) is 7.95. The van der Waals surface area contributed by atoms with Crippen molar-refractivity contribution in [3.05, 3.63) is 0 Å². The molecule has 15 heavy (non-hydrogen) atoms. The van der Waals surface area contributed by atoms with Crippen LogP contribution in [0.25, 0.3) is 0 Å². The summed E-state index contributed by atoms with van der Waals surface area (Å²) < 4.78 is 33.7. The maximum Gasteiger partial charge on any atom is 0.154 e. The molecule has 0 aliphatic carbocycles. The molecule has 0 radical (unpaired) electrons. The highest BCUT2D eigenvalue weighted by atomic mass is 127. The summed E-state index contributed by atoms with van der Waals surface area (Å²) in [5.74, 6) is 0.907. The summed E-state index contributed by atoms with van der Waals surface area (Å²) in [6.45, 7) is 2.20. The lowest BCUT2D eigenvalue weighted by atomic mass is 10.1. The predicted octanol–water partition coefficient (Wildman–Crippen LogP) is 0.640. The highest BCUT2D eigenvalue weighted by molar-refractivity contribution is 14.1. The van der Waals surface area contributed by atoms with Crippen molar-refractivity contribution < 1.29 is 17.9 Å². The molecule has 0 spiro atoms. The molecule has 0 bridgehead atoms. The van der Waals surface area contributed by atoms with Crippen molar-refractivity contribution in [2.24, 2.45) is 5.92 Å². The third kappa shape index (κ3) is 3.28. The lowest BCUT2D eigenvalue weighted by Crippen LogP contribution is -2.25. The van der Waals surface area contributed by atoms with Gasteiger partial charge < -0.3 is 9.47 Å². The van der Waals surface area contributed by atoms with E-state index in [1.54, 1.807) is 0 Å². The summed E-state index contributed by atoms with van der Waals surface area (Å²) >= 11 is 2.17. The molecule has 0 saturated carbocycles. The zero-order chi connectivity index (χ0) is 10.9. The highest BCUT2D eigenvalue weighted by Gasteiger charge is 2.37. The Kier molecular flexibility index (Phi) is 3.90. The Labute approximate surface area is 104 Å². The van der Waals surface area contributed by atoms with Crippen molar-refractivity contribution in [1.29, 1.82) is 0 Å². The van der Waals surface area contributed by atoms with Gasteiger partial charge in [-0.3, -0.25) is 0 Å². The van der Waals surface area contributed by atoms with Crippen LogP contribution < -0.4 is 0 Å². The maximum absolute atomic E-state index is 11.3. The van der Waals surface area contributed by atoms with Crippen molar-refractivity contribution in [3.8, 4) is 0 Å². The van der Waals surface area contributed by atoms with Crippen LogP contribution >= 0.6 is 22.6 Å². The first kappa shape index (κ1) is 12.1. The molecule has 0 aromatic rings. The average molecular weight is 346 g/mol. The number of sulfone groups is 1. The molecule has 0 aromatic carbocycles. The van der Waals surface area contributed by atoms with Crippen LogP contribution in [0.15, 0.2) is 0 Å². The molecule has 2 aliphatic rings. The maximum atomic E-state index is 11.3. The molecule has 4 nitrogen and oxygen atoms in total. The van der Waals surface area contributed by atoms with Gasteiger partial charge in [-0.25, -0.2) is 8.42 Å². The van der Waals surface area contributed by atoms with Crippen LogP contribution in [0, 0.1) is 5.92 Å². The molecule has 2 rings (SSSR count). The summed E-state index contributed by atoms with van der Waals surface area (Å²) in [6.07, 6.45) is 0.918. The van der Waals surface area contributed by atoms with Crippen LogP contribution in [-0.2, 0) is 19.3 Å². The number of halogens is 1. The molecular weight excluding hydrogens is 331 g/mol. The first-order valence-electron chi connectivity index (χ1n) is 5.11. The Morgan fingerprint density at radius 1 is 1.40 bits per heavy atom. The van der Waals surface area contributed by atoms with Crippen molar-refractivity contribution >= 4 is 32.4 Å². The van der Waals surface area contributed by atoms with Crippen LogP contribution in [-0.4, -0.2) is 49.8 Å². The Bertz CT molecular complexity index is 310. The molecule has 2 heterocycles. The molecule has 2 saturated heterocycles. The second-order valence-electron chi connectivity index (χ2n) is 4.19.